The summed E-state index contributed by atoms with van der Waals surface area (Å²) in [5.41, 5.74) is -1.02. The standard InChI is InChI=1S/C30H40F4N2O2/c1-2-3-4-5-6-7-17-35-25-13-14-26(27(31)22-25)28(37)12-9-18-36-19-15-29(38,16-20-36)23-10-8-11-24(21-23)30(32,33)34/h8,10-11,13-14,21-22,35,38H,2-7,9,12,15-20H2,1H3. The molecule has 0 saturated carbocycles. The number of carbonyl (C=O) groups excluding carboxylic acids is 1. The van der Waals surface area contributed by atoms with Crippen molar-refractivity contribution in [1.29, 1.82) is 0 Å². The molecule has 0 amide bonds. The van der Waals surface area contributed by atoms with Gasteiger partial charge in [-0.25, -0.2) is 4.39 Å². The van der Waals surface area contributed by atoms with Crippen molar-refractivity contribution in [3.63, 3.8) is 0 Å². The van der Waals surface area contributed by atoms with E-state index in [1.807, 2.05) is 0 Å². The van der Waals surface area contributed by atoms with Crippen LogP contribution in [-0.2, 0) is 11.8 Å². The van der Waals surface area contributed by atoms with Crippen molar-refractivity contribution in [3.8, 4) is 0 Å². The number of nitrogens with zero attached hydrogens (tertiary/aromatic N) is 1. The number of anilines is 1. The first-order chi connectivity index (χ1) is 18.1. The highest BCUT2D eigenvalue weighted by atomic mass is 19.4. The van der Waals surface area contributed by atoms with Crippen LogP contribution in [0.5, 0.6) is 0 Å². The third kappa shape index (κ3) is 8.80. The Hall–Kier alpha value is -2.45. The second-order valence-corrected chi connectivity index (χ2v) is 10.4. The monoisotopic (exact) mass is 536 g/mol. The van der Waals surface area contributed by atoms with Crippen LogP contribution in [0.4, 0.5) is 23.2 Å². The molecule has 0 aliphatic carbocycles. The molecule has 210 valence electrons. The number of alkyl halides is 3. The predicted molar refractivity (Wildman–Crippen MR) is 143 cm³/mol. The van der Waals surface area contributed by atoms with E-state index in [2.05, 4.69) is 17.1 Å². The lowest BCUT2D eigenvalue weighted by Gasteiger charge is -2.38. The smallest absolute Gasteiger partial charge is 0.385 e. The number of halogens is 4. The van der Waals surface area contributed by atoms with Crippen LogP contribution in [0.2, 0.25) is 0 Å². The third-order valence-electron chi connectivity index (χ3n) is 7.42. The fraction of sp³-hybridized carbons (Fsp3) is 0.567. The van der Waals surface area contributed by atoms with Gasteiger partial charge in [0.2, 0.25) is 0 Å². The molecular weight excluding hydrogens is 496 g/mol. The molecule has 2 aromatic rings. The Balaban J connectivity index is 1.40. The van der Waals surface area contributed by atoms with Gasteiger partial charge in [-0.3, -0.25) is 4.79 Å². The quantitative estimate of drug-likeness (QED) is 0.149. The van der Waals surface area contributed by atoms with Gasteiger partial charge in [-0.1, -0.05) is 51.2 Å². The lowest BCUT2D eigenvalue weighted by Crippen LogP contribution is -2.43. The minimum atomic E-state index is -4.45. The van der Waals surface area contributed by atoms with Crippen molar-refractivity contribution in [1.82, 2.24) is 4.90 Å². The van der Waals surface area contributed by atoms with Crippen molar-refractivity contribution < 1.29 is 27.5 Å². The Kier molecular flexibility index (Phi) is 11.2. The SMILES string of the molecule is CCCCCCCCNc1ccc(C(=O)CCCN2CCC(O)(c3cccc(C(F)(F)F)c3)CC2)c(F)c1. The number of nitrogens with one attached hydrogen (secondary N) is 1. The van der Waals surface area contributed by atoms with Crippen LogP contribution < -0.4 is 5.32 Å². The number of likely N-dealkylation sites (tertiary alicyclic amines) is 1. The lowest BCUT2D eigenvalue weighted by molar-refractivity contribution is -0.137. The second-order valence-electron chi connectivity index (χ2n) is 10.4. The molecule has 0 radical (unpaired) electrons. The van der Waals surface area contributed by atoms with Crippen molar-refractivity contribution in [3.05, 3.63) is 65.0 Å². The van der Waals surface area contributed by atoms with Gasteiger partial charge >= 0.3 is 6.18 Å². The maximum Gasteiger partial charge on any atom is 0.416 e. The van der Waals surface area contributed by atoms with Crippen LogP contribution in [-0.4, -0.2) is 42.0 Å². The first-order valence-corrected chi connectivity index (χ1v) is 13.8. The molecule has 4 nitrogen and oxygen atoms in total. The van der Waals surface area contributed by atoms with Crippen LogP contribution in [0.1, 0.15) is 92.6 Å². The van der Waals surface area contributed by atoms with Crippen LogP contribution in [0, 0.1) is 5.82 Å². The molecular formula is C30H40F4N2O2. The highest BCUT2D eigenvalue weighted by Crippen LogP contribution is 2.36. The number of carbonyl (C=O) groups is 1. The van der Waals surface area contributed by atoms with E-state index in [1.165, 1.54) is 49.9 Å². The average Bonchev–Trinajstić information content (AvgIpc) is 2.89. The molecule has 0 atom stereocenters. The number of Topliss-reactive ketones (excluding diaryl/α,β-unsaturated/α-hetero) is 1. The number of hydrogen-bond acceptors (Lipinski definition) is 4. The van der Waals surface area contributed by atoms with E-state index in [4.69, 9.17) is 0 Å². The highest BCUT2D eigenvalue weighted by molar-refractivity contribution is 5.96. The van der Waals surface area contributed by atoms with Crippen LogP contribution in [0.3, 0.4) is 0 Å². The Morgan fingerprint density at radius 3 is 2.39 bits per heavy atom. The first kappa shape index (κ1) is 30.1. The Bertz CT molecular complexity index is 1030. The zero-order valence-corrected chi connectivity index (χ0v) is 22.3. The first-order valence-electron chi connectivity index (χ1n) is 13.8. The third-order valence-corrected chi connectivity index (χ3v) is 7.42. The summed E-state index contributed by atoms with van der Waals surface area (Å²) in [6.07, 6.45) is 4.03. The van der Waals surface area contributed by atoms with Gasteiger partial charge in [-0.15, -0.1) is 0 Å². The van der Waals surface area contributed by atoms with Gasteiger partial charge in [-0.2, -0.15) is 13.2 Å². The number of hydrogen-bond donors (Lipinski definition) is 2. The van der Waals surface area contributed by atoms with Crippen LogP contribution in [0.15, 0.2) is 42.5 Å². The van der Waals surface area contributed by atoms with E-state index in [9.17, 15) is 27.5 Å². The number of piperidine rings is 1. The number of rotatable bonds is 14. The average molecular weight is 537 g/mol. The Morgan fingerprint density at radius 1 is 1.00 bits per heavy atom. The molecule has 8 heteroatoms. The molecule has 0 aromatic heterocycles. The number of ketones is 1. The lowest BCUT2D eigenvalue weighted by atomic mass is 9.83. The van der Waals surface area contributed by atoms with Gasteiger partial charge in [0.05, 0.1) is 16.7 Å². The summed E-state index contributed by atoms with van der Waals surface area (Å²) in [5.74, 6) is -0.769. The molecule has 0 bridgehead atoms. The summed E-state index contributed by atoms with van der Waals surface area (Å²) >= 11 is 0. The predicted octanol–water partition coefficient (Wildman–Crippen LogP) is 7.56. The molecule has 2 aromatic carbocycles. The number of benzene rings is 2. The van der Waals surface area contributed by atoms with E-state index < -0.39 is 23.2 Å². The molecule has 1 fully saturated rings. The number of unbranched alkanes of at least 4 members (excludes halogenated alkanes) is 5. The van der Waals surface area contributed by atoms with Crippen molar-refractivity contribution in [2.24, 2.45) is 0 Å². The van der Waals surface area contributed by atoms with E-state index in [0.29, 0.717) is 44.6 Å². The summed E-state index contributed by atoms with van der Waals surface area (Å²) in [5, 5.41) is 14.2. The van der Waals surface area contributed by atoms with Gasteiger partial charge < -0.3 is 15.3 Å². The largest absolute Gasteiger partial charge is 0.416 e. The fourth-order valence-electron chi connectivity index (χ4n) is 5.01. The molecule has 38 heavy (non-hydrogen) atoms. The number of aliphatic hydroxyl groups is 1. The van der Waals surface area contributed by atoms with Crippen LogP contribution in [0.25, 0.3) is 0 Å². The fourth-order valence-corrected chi connectivity index (χ4v) is 5.01. The molecule has 0 unspecified atom stereocenters. The van der Waals surface area contributed by atoms with E-state index >= 15 is 0 Å². The second kappa shape index (κ2) is 14.1. The molecule has 1 saturated heterocycles. The molecule has 1 heterocycles. The summed E-state index contributed by atoms with van der Waals surface area (Å²) in [6.45, 7) is 4.58. The molecule has 1 aliphatic heterocycles. The summed E-state index contributed by atoms with van der Waals surface area (Å²) in [4.78, 5) is 14.7. The summed E-state index contributed by atoms with van der Waals surface area (Å²) in [6, 6.07) is 9.55. The van der Waals surface area contributed by atoms with Gasteiger partial charge in [0.1, 0.15) is 5.82 Å². The van der Waals surface area contributed by atoms with Gasteiger partial charge in [0.15, 0.2) is 5.78 Å². The minimum absolute atomic E-state index is 0.0904. The summed E-state index contributed by atoms with van der Waals surface area (Å²) in [7, 11) is 0. The van der Waals surface area contributed by atoms with E-state index in [-0.39, 0.29) is 23.3 Å². The van der Waals surface area contributed by atoms with Crippen molar-refractivity contribution >= 4 is 11.5 Å². The van der Waals surface area contributed by atoms with Crippen LogP contribution >= 0.6 is 0 Å². The zero-order chi connectivity index (χ0) is 27.6. The van der Waals surface area contributed by atoms with E-state index in [0.717, 1.165) is 31.5 Å². The van der Waals surface area contributed by atoms with Gasteiger partial charge in [-0.05, 0) is 68.1 Å². The normalized spacial score (nSPS) is 15.9. The van der Waals surface area contributed by atoms with E-state index in [1.54, 1.807) is 6.07 Å². The molecule has 0 spiro atoms. The van der Waals surface area contributed by atoms with Gasteiger partial charge in [0, 0.05) is 31.7 Å². The minimum Gasteiger partial charge on any atom is -0.385 e. The Morgan fingerprint density at radius 2 is 1.71 bits per heavy atom. The maximum atomic E-state index is 14.6. The topological polar surface area (TPSA) is 52.6 Å². The molecule has 3 rings (SSSR count). The molecule has 1 aliphatic rings. The van der Waals surface area contributed by atoms with Crippen molar-refractivity contribution in [2.75, 3.05) is 31.5 Å². The van der Waals surface area contributed by atoms with Gasteiger partial charge in [0.25, 0.3) is 0 Å². The highest BCUT2D eigenvalue weighted by Gasteiger charge is 2.37. The maximum absolute atomic E-state index is 14.6. The Labute approximate surface area is 223 Å². The zero-order valence-electron chi connectivity index (χ0n) is 22.3. The molecule has 2 N–H and O–H groups in total. The van der Waals surface area contributed by atoms with Crippen molar-refractivity contribution in [2.45, 2.75) is 82.9 Å². The summed E-state index contributed by atoms with van der Waals surface area (Å²) < 4.78 is 53.7.